The van der Waals surface area contributed by atoms with Crippen LogP contribution in [0, 0.1) is 11.7 Å². The smallest absolute Gasteiger partial charge is 0.273 e. The summed E-state index contributed by atoms with van der Waals surface area (Å²) in [5, 5.41) is -0.311. The van der Waals surface area contributed by atoms with Crippen LogP contribution < -0.4 is 10.3 Å². The Bertz CT molecular complexity index is 927. The topological polar surface area (TPSA) is 75.3 Å². The molecule has 9 heteroatoms. The number of aryl methyl sites for hydroxylation is 1. The summed E-state index contributed by atoms with van der Waals surface area (Å²) < 4.78 is 37.5. The molecule has 0 saturated carbocycles. The molecule has 0 fully saturated rings. The predicted octanol–water partition coefficient (Wildman–Crippen LogP) is 3.29. The molecule has 2 aromatic rings. The summed E-state index contributed by atoms with van der Waals surface area (Å²) in [6, 6.07) is 4.82. The number of amides is 1. The van der Waals surface area contributed by atoms with Crippen LogP contribution >= 0.6 is 22.9 Å². The van der Waals surface area contributed by atoms with Gasteiger partial charge in [-0.2, -0.15) is 0 Å². The van der Waals surface area contributed by atoms with E-state index in [-0.39, 0.29) is 9.92 Å². The number of hydrazine groups is 1. The molecule has 0 aliphatic heterocycles. The summed E-state index contributed by atoms with van der Waals surface area (Å²) in [5.41, 5.74) is 3.34. The molecule has 0 spiro atoms. The Kier molecular flexibility index (Phi) is 5.15. The molecule has 25 heavy (non-hydrogen) atoms. The summed E-state index contributed by atoms with van der Waals surface area (Å²) in [4.78, 5) is 15.6. The third kappa shape index (κ3) is 4.03. The van der Waals surface area contributed by atoms with E-state index in [9.17, 15) is 17.6 Å². The molecule has 1 aromatic carbocycles. The van der Waals surface area contributed by atoms with E-state index in [4.69, 9.17) is 11.6 Å². The average Bonchev–Trinajstić information content (AvgIpc) is 2.98. The summed E-state index contributed by atoms with van der Waals surface area (Å²) in [6.45, 7) is 2.17. The number of hydrogen-bond acceptors (Lipinski definition) is 4. The second-order valence-corrected chi connectivity index (χ2v) is 9.27. The molecule has 0 unspecified atom stereocenters. The molecule has 1 heterocycles. The number of hydrogen-bond donors (Lipinski definition) is 2. The van der Waals surface area contributed by atoms with Crippen molar-refractivity contribution in [2.24, 2.45) is 5.92 Å². The van der Waals surface area contributed by atoms with Crippen molar-refractivity contribution in [2.75, 3.05) is 0 Å². The van der Waals surface area contributed by atoms with E-state index in [0.717, 1.165) is 43.0 Å². The molecule has 1 atom stereocenters. The maximum absolute atomic E-state index is 13.1. The molecule has 2 N–H and O–H groups in total. The molecular formula is C16H16ClFN2O3S2. The van der Waals surface area contributed by atoms with Gasteiger partial charge in [0, 0.05) is 4.88 Å². The molecule has 1 aliphatic carbocycles. The van der Waals surface area contributed by atoms with Crippen molar-refractivity contribution in [1.29, 1.82) is 0 Å². The lowest BCUT2D eigenvalue weighted by atomic mass is 9.90. The van der Waals surface area contributed by atoms with Gasteiger partial charge in [-0.3, -0.25) is 10.2 Å². The molecule has 3 rings (SSSR count). The van der Waals surface area contributed by atoms with E-state index < -0.39 is 21.7 Å². The van der Waals surface area contributed by atoms with Crippen molar-refractivity contribution < 1.29 is 17.6 Å². The van der Waals surface area contributed by atoms with Gasteiger partial charge in [-0.05, 0) is 55.0 Å². The number of sulfonamides is 1. The highest BCUT2D eigenvalue weighted by Crippen LogP contribution is 2.32. The number of fused-ring (bicyclic) bond motifs is 1. The van der Waals surface area contributed by atoms with E-state index in [1.165, 1.54) is 16.2 Å². The largest absolute Gasteiger partial charge is 0.276 e. The predicted molar refractivity (Wildman–Crippen MR) is 94.7 cm³/mol. The van der Waals surface area contributed by atoms with Gasteiger partial charge in [-0.25, -0.2) is 12.8 Å². The van der Waals surface area contributed by atoms with Crippen molar-refractivity contribution in [1.82, 2.24) is 10.3 Å². The van der Waals surface area contributed by atoms with E-state index >= 15 is 0 Å². The Morgan fingerprint density at radius 3 is 2.84 bits per heavy atom. The van der Waals surface area contributed by atoms with Crippen LogP contribution in [0.3, 0.4) is 0 Å². The zero-order valence-corrected chi connectivity index (χ0v) is 15.7. The Balaban J connectivity index is 1.70. The Hall–Kier alpha value is -1.48. The summed E-state index contributed by atoms with van der Waals surface area (Å²) in [5.74, 6) is -0.661. The fourth-order valence-corrected chi connectivity index (χ4v) is 4.91. The highest BCUT2D eigenvalue weighted by atomic mass is 35.5. The number of carbonyl (C=O) groups excluding carboxylic acids is 1. The van der Waals surface area contributed by atoms with E-state index in [1.807, 2.05) is 10.9 Å². The first-order chi connectivity index (χ1) is 11.8. The lowest BCUT2D eigenvalue weighted by Gasteiger charge is -2.16. The maximum atomic E-state index is 13.1. The number of halogens is 2. The molecule has 0 saturated heterocycles. The van der Waals surface area contributed by atoms with Gasteiger partial charge in [0.25, 0.3) is 15.9 Å². The third-order valence-electron chi connectivity index (χ3n) is 4.05. The van der Waals surface area contributed by atoms with Gasteiger partial charge in [0.1, 0.15) is 5.82 Å². The van der Waals surface area contributed by atoms with Gasteiger partial charge in [-0.15, -0.1) is 16.2 Å². The average molecular weight is 403 g/mol. The minimum absolute atomic E-state index is 0.238. The maximum Gasteiger partial charge on any atom is 0.276 e. The number of nitrogens with one attached hydrogen (secondary N) is 2. The van der Waals surface area contributed by atoms with E-state index in [0.29, 0.717) is 10.8 Å². The molecule has 1 amide bonds. The monoisotopic (exact) mass is 402 g/mol. The molecular weight excluding hydrogens is 387 g/mol. The summed E-state index contributed by atoms with van der Waals surface area (Å²) in [6.07, 6.45) is 2.96. The van der Waals surface area contributed by atoms with Crippen LogP contribution in [0.2, 0.25) is 5.02 Å². The summed E-state index contributed by atoms with van der Waals surface area (Å²) in [7, 11) is -4.04. The minimum atomic E-state index is -4.04. The van der Waals surface area contributed by atoms with Crippen LogP contribution in [-0.2, 0) is 22.9 Å². The van der Waals surface area contributed by atoms with Gasteiger partial charge in [0.2, 0.25) is 0 Å². The summed E-state index contributed by atoms with van der Waals surface area (Å²) >= 11 is 6.97. The number of benzene rings is 1. The molecule has 1 aliphatic rings. The normalized spacial score (nSPS) is 17.2. The van der Waals surface area contributed by atoms with E-state index in [1.54, 1.807) is 0 Å². The lowest BCUT2D eigenvalue weighted by molar-refractivity contribution is 0.0949. The van der Waals surface area contributed by atoms with Crippen molar-refractivity contribution in [2.45, 2.75) is 31.1 Å². The highest BCUT2D eigenvalue weighted by molar-refractivity contribution is 7.89. The van der Waals surface area contributed by atoms with Crippen LogP contribution in [0.25, 0.3) is 0 Å². The highest BCUT2D eigenvalue weighted by Gasteiger charge is 2.22. The minimum Gasteiger partial charge on any atom is -0.273 e. The van der Waals surface area contributed by atoms with Crippen LogP contribution in [0.15, 0.2) is 29.2 Å². The first-order valence-electron chi connectivity index (χ1n) is 7.65. The first kappa shape index (κ1) is 18.3. The lowest BCUT2D eigenvalue weighted by Crippen LogP contribution is -2.41. The fourth-order valence-electron chi connectivity index (χ4n) is 2.70. The van der Waals surface area contributed by atoms with Crippen LogP contribution in [0.5, 0.6) is 0 Å². The zero-order chi connectivity index (χ0) is 18.2. The van der Waals surface area contributed by atoms with Gasteiger partial charge < -0.3 is 0 Å². The Morgan fingerprint density at radius 2 is 2.12 bits per heavy atom. The van der Waals surface area contributed by atoms with Crippen molar-refractivity contribution >= 4 is 38.9 Å². The molecule has 1 aromatic heterocycles. The van der Waals surface area contributed by atoms with Crippen LogP contribution in [0.4, 0.5) is 4.39 Å². The molecule has 5 nitrogen and oxygen atoms in total. The Morgan fingerprint density at radius 1 is 1.36 bits per heavy atom. The van der Waals surface area contributed by atoms with Crippen molar-refractivity contribution in [3.63, 3.8) is 0 Å². The van der Waals surface area contributed by atoms with Crippen LogP contribution in [0.1, 0.15) is 33.5 Å². The van der Waals surface area contributed by atoms with Crippen molar-refractivity contribution in [3.8, 4) is 0 Å². The zero-order valence-electron chi connectivity index (χ0n) is 13.3. The van der Waals surface area contributed by atoms with Crippen molar-refractivity contribution in [3.05, 3.63) is 50.4 Å². The number of rotatable bonds is 4. The first-order valence-corrected chi connectivity index (χ1v) is 10.3. The Labute approximate surface area is 154 Å². The second kappa shape index (κ2) is 7.03. The van der Waals surface area contributed by atoms with Gasteiger partial charge >= 0.3 is 0 Å². The van der Waals surface area contributed by atoms with Crippen LogP contribution in [-0.4, -0.2) is 14.3 Å². The number of thiophene rings is 1. The van der Waals surface area contributed by atoms with Gasteiger partial charge in [0.05, 0.1) is 14.8 Å². The molecule has 0 bridgehead atoms. The quantitative estimate of drug-likeness (QED) is 0.770. The van der Waals surface area contributed by atoms with Gasteiger partial charge in [-0.1, -0.05) is 18.5 Å². The standard InChI is InChI=1S/C16H16ClFN2O3S2/c1-9-2-5-14-10(6-9)7-15(24-14)16(21)19-20-25(22,23)11-3-4-13(18)12(17)8-11/h3-4,7-9,20H,2,5-6H2,1H3,(H,19,21)/t9-/m0/s1. The number of carbonyl (C=O) groups is 1. The molecule has 0 radical (unpaired) electrons. The molecule has 134 valence electrons. The fraction of sp³-hybridized carbons (Fsp3) is 0.312. The SMILES string of the molecule is C[C@H]1CCc2sc(C(=O)NNS(=O)(=O)c3ccc(F)c(Cl)c3)cc2C1. The van der Waals surface area contributed by atoms with E-state index in [2.05, 4.69) is 12.3 Å². The second-order valence-electron chi connectivity index (χ2n) is 6.04. The van der Waals surface area contributed by atoms with Gasteiger partial charge in [0.15, 0.2) is 0 Å². The third-order valence-corrected chi connectivity index (χ3v) is 6.82.